The first-order valence-electron chi connectivity index (χ1n) is 2.98. The number of hydrogen-bond acceptors (Lipinski definition) is 1. The molecular weight excluding hydrogens is 166 g/mol. The van der Waals surface area contributed by atoms with Gasteiger partial charge in [0.15, 0.2) is 0 Å². The molecule has 0 aromatic rings. The topological polar surface area (TPSA) is 3.24 Å². The average molecular weight is 177 g/mol. The SMILES string of the molecule is CN1CCC[CH]C1Br. The molecule has 0 aromatic carbocycles. The molecule has 1 fully saturated rings. The maximum Gasteiger partial charge on any atom is 0.0685 e. The van der Waals surface area contributed by atoms with Crippen LogP contribution in [-0.4, -0.2) is 23.4 Å². The highest BCUT2D eigenvalue weighted by Gasteiger charge is 2.14. The van der Waals surface area contributed by atoms with E-state index < -0.39 is 0 Å². The van der Waals surface area contributed by atoms with Crippen LogP contribution in [0.15, 0.2) is 0 Å². The minimum absolute atomic E-state index is 0.524. The lowest BCUT2D eigenvalue weighted by molar-refractivity contribution is 0.300. The van der Waals surface area contributed by atoms with Gasteiger partial charge in [0.2, 0.25) is 0 Å². The largest absolute Gasteiger partial charge is 0.294 e. The second-order valence-electron chi connectivity index (χ2n) is 2.23. The number of hydrogen-bond donors (Lipinski definition) is 0. The van der Waals surface area contributed by atoms with E-state index in [0.29, 0.717) is 4.95 Å². The molecule has 0 aromatic heterocycles. The molecule has 1 nitrogen and oxygen atoms in total. The van der Waals surface area contributed by atoms with E-state index in [1.54, 1.807) is 0 Å². The molecule has 1 rings (SSSR count). The van der Waals surface area contributed by atoms with Crippen LogP contribution >= 0.6 is 15.9 Å². The van der Waals surface area contributed by atoms with Crippen molar-refractivity contribution in [2.45, 2.75) is 17.8 Å². The molecule has 1 radical (unpaired) electrons. The Morgan fingerprint density at radius 3 is 2.88 bits per heavy atom. The first kappa shape index (κ1) is 6.56. The lowest BCUT2D eigenvalue weighted by Crippen LogP contribution is -2.31. The Morgan fingerprint density at radius 1 is 1.75 bits per heavy atom. The fraction of sp³-hybridized carbons (Fsp3) is 0.833. The van der Waals surface area contributed by atoms with E-state index in [2.05, 4.69) is 34.3 Å². The number of rotatable bonds is 0. The van der Waals surface area contributed by atoms with E-state index in [9.17, 15) is 0 Å². The molecule has 1 unspecified atom stereocenters. The van der Waals surface area contributed by atoms with E-state index in [1.165, 1.54) is 19.4 Å². The van der Waals surface area contributed by atoms with Crippen molar-refractivity contribution >= 4 is 15.9 Å². The van der Waals surface area contributed by atoms with Gasteiger partial charge in [0.05, 0.1) is 4.95 Å². The molecule has 0 bridgehead atoms. The molecule has 0 aliphatic carbocycles. The van der Waals surface area contributed by atoms with Gasteiger partial charge in [-0.25, -0.2) is 0 Å². The van der Waals surface area contributed by atoms with E-state index >= 15 is 0 Å². The highest BCUT2D eigenvalue weighted by molar-refractivity contribution is 9.09. The molecule has 1 aliphatic rings. The first-order chi connectivity index (χ1) is 3.80. The van der Waals surface area contributed by atoms with Crippen LogP contribution in [0, 0.1) is 6.42 Å². The smallest absolute Gasteiger partial charge is 0.0685 e. The van der Waals surface area contributed by atoms with Crippen LogP contribution in [0.4, 0.5) is 0 Å². The predicted octanol–water partition coefficient (Wildman–Crippen LogP) is 1.64. The van der Waals surface area contributed by atoms with Crippen LogP contribution < -0.4 is 0 Å². The van der Waals surface area contributed by atoms with E-state index in [0.717, 1.165) is 0 Å². The zero-order valence-corrected chi connectivity index (χ0v) is 6.69. The number of piperidine rings is 1. The van der Waals surface area contributed by atoms with Crippen molar-refractivity contribution < 1.29 is 0 Å². The predicted molar refractivity (Wildman–Crippen MR) is 38.9 cm³/mol. The number of alkyl halides is 1. The number of halogens is 1. The summed E-state index contributed by atoms with van der Waals surface area (Å²) in [6, 6.07) is 0. The van der Waals surface area contributed by atoms with Gasteiger partial charge >= 0.3 is 0 Å². The van der Waals surface area contributed by atoms with Gasteiger partial charge in [0, 0.05) is 0 Å². The van der Waals surface area contributed by atoms with Gasteiger partial charge in [0.25, 0.3) is 0 Å². The molecule has 1 aliphatic heterocycles. The molecule has 1 saturated heterocycles. The highest BCUT2D eigenvalue weighted by atomic mass is 79.9. The summed E-state index contributed by atoms with van der Waals surface area (Å²) in [5, 5.41) is 0. The summed E-state index contributed by atoms with van der Waals surface area (Å²) in [6.45, 7) is 1.23. The summed E-state index contributed by atoms with van der Waals surface area (Å²) in [5.74, 6) is 0. The Bertz CT molecular complexity index is 64.9. The van der Waals surface area contributed by atoms with Crippen LogP contribution in [0.3, 0.4) is 0 Å². The second kappa shape index (κ2) is 2.83. The molecule has 0 spiro atoms. The van der Waals surface area contributed by atoms with E-state index in [4.69, 9.17) is 0 Å². The van der Waals surface area contributed by atoms with Crippen LogP contribution in [0.25, 0.3) is 0 Å². The van der Waals surface area contributed by atoms with Crippen LogP contribution in [0.1, 0.15) is 12.8 Å². The molecule has 1 atom stereocenters. The zero-order chi connectivity index (χ0) is 5.98. The van der Waals surface area contributed by atoms with E-state index in [-0.39, 0.29) is 0 Å². The minimum atomic E-state index is 0.524. The number of nitrogens with zero attached hydrogens (tertiary/aromatic N) is 1. The molecule has 8 heavy (non-hydrogen) atoms. The molecule has 1 heterocycles. The summed E-state index contributed by atoms with van der Waals surface area (Å²) < 4.78 is 0. The van der Waals surface area contributed by atoms with Crippen molar-refractivity contribution in [3.05, 3.63) is 6.42 Å². The van der Waals surface area contributed by atoms with Gasteiger partial charge < -0.3 is 0 Å². The Balaban J connectivity index is 2.28. The fourth-order valence-electron chi connectivity index (χ4n) is 0.899. The van der Waals surface area contributed by atoms with Crippen molar-refractivity contribution in [1.29, 1.82) is 0 Å². The Hall–Kier alpha value is 0.440. The molecule has 2 heteroatoms. The Kier molecular flexibility index (Phi) is 2.32. The molecule has 0 saturated carbocycles. The summed E-state index contributed by atoms with van der Waals surface area (Å²) in [6.07, 6.45) is 4.88. The monoisotopic (exact) mass is 176 g/mol. The quantitative estimate of drug-likeness (QED) is 0.401. The van der Waals surface area contributed by atoms with Crippen LogP contribution in [0.5, 0.6) is 0 Å². The maximum atomic E-state index is 3.52. The van der Waals surface area contributed by atoms with Gasteiger partial charge in [-0.2, -0.15) is 0 Å². The number of likely N-dealkylation sites (tertiary alicyclic amines) is 1. The van der Waals surface area contributed by atoms with Gasteiger partial charge in [-0.1, -0.05) is 15.9 Å². The minimum Gasteiger partial charge on any atom is -0.294 e. The van der Waals surface area contributed by atoms with Gasteiger partial charge in [-0.15, -0.1) is 0 Å². The molecule has 0 amide bonds. The van der Waals surface area contributed by atoms with Crippen molar-refractivity contribution in [3.8, 4) is 0 Å². The fourth-order valence-corrected chi connectivity index (χ4v) is 1.37. The Morgan fingerprint density at radius 2 is 2.50 bits per heavy atom. The zero-order valence-electron chi connectivity index (χ0n) is 5.10. The third kappa shape index (κ3) is 1.46. The first-order valence-corrected chi connectivity index (χ1v) is 3.90. The summed E-state index contributed by atoms with van der Waals surface area (Å²) in [7, 11) is 2.13. The highest BCUT2D eigenvalue weighted by Crippen LogP contribution is 2.17. The van der Waals surface area contributed by atoms with Crippen molar-refractivity contribution in [3.63, 3.8) is 0 Å². The molecule has 0 N–H and O–H groups in total. The Labute approximate surface area is 59.2 Å². The summed E-state index contributed by atoms with van der Waals surface area (Å²) >= 11 is 3.52. The molecular formula is C6H11BrN. The normalized spacial score (nSPS) is 33.0. The van der Waals surface area contributed by atoms with Gasteiger partial charge in [-0.05, 0) is 32.9 Å². The van der Waals surface area contributed by atoms with Crippen molar-refractivity contribution in [2.24, 2.45) is 0 Å². The van der Waals surface area contributed by atoms with Crippen LogP contribution in [-0.2, 0) is 0 Å². The van der Waals surface area contributed by atoms with Crippen LogP contribution in [0.2, 0.25) is 0 Å². The summed E-state index contributed by atoms with van der Waals surface area (Å²) in [4.78, 5) is 2.82. The lowest BCUT2D eigenvalue weighted by Gasteiger charge is -2.27. The third-order valence-corrected chi connectivity index (χ3v) is 2.57. The van der Waals surface area contributed by atoms with Crippen molar-refractivity contribution in [2.75, 3.05) is 13.6 Å². The third-order valence-electron chi connectivity index (χ3n) is 1.50. The van der Waals surface area contributed by atoms with Crippen molar-refractivity contribution in [1.82, 2.24) is 4.90 Å². The van der Waals surface area contributed by atoms with Gasteiger partial charge in [0.1, 0.15) is 0 Å². The van der Waals surface area contributed by atoms with Gasteiger partial charge in [-0.3, -0.25) is 4.90 Å². The maximum absolute atomic E-state index is 3.52. The second-order valence-corrected chi connectivity index (χ2v) is 3.17. The lowest BCUT2D eigenvalue weighted by atomic mass is 10.1. The standard InChI is InChI=1S/C6H11BrN/c1-8-5-3-2-4-6(8)7/h4,6H,2-3,5H2,1H3. The average Bonchev–Trinajstić information content (AvgIpc) is 1.77. The molecule has 47 valence electrons. The van der Waals surface area contributed by atoms with E-state index in [1.807, 2.05) is 0 Å². The summed E-state index contributed by atoms with van der Waals surface area (Å²) in [5.41, 5.74) is 0.